The van der Waals surface area contributed by atoms with E-state index in [0.717, 1.165) is 13.0 Å². The first-order chi connectivity index (χ1) is 8.95. The Morgan fingerprint density at radius 1 is 1.63 bits per heavy atom. The minimum Gasteiger partial charge on any atom is -0.377 e. The van der Waals surface area contributed by atoms with Gasteiger partial charge in [0.05, 0.1) is 11.2 Å². The van der Waals surface area contributed by atoms with E-state index in [0.29, 0.717) is 10.7 Å². The van der Waals surface area contributed by atoms with Crippen molar-refractivity contribution in [3.63, 3.8) is 0 Å². The smallest absolute Gasteiger partial charge is 0.292 e. The summed E-state index contributed by atoms with van der Waals surface area (Å²) in [7, 11) is 4.01. The zero-order valence-corrected chi connectivity index (χ0v) is 12.2. The van der Waals surface area contributed by atoms with Crippen LogP contribution in [-0.4, -0.2) is 41.4 Å². The van der Waals surface area contributed by atoms with Gasteiger partial charge in [-0.1, -0.05) is 17.5 Å². The van der Waals surface area contributed by atoms with E-state index in [9.17, 15) is 4.79 Å². The van der Waals surface area contributed by atoms with Gasteiger partial charge in [0.15, 0.2) is 0 Å². The van der Waals surface area contributed by atoms with Crippen LogP contribution in [0.25, 0.3) is 0 Å². The zero-order valence-electron chi connectivity index (χ0n) is 11.5. The average molecular weight is 283 g/mol. The van der Waals surface area contributed by atoms with Gasteiger partial charge in [-0.2, -0.15) is 5.10 Å². The molecule has 19 heavy (non-hydrogen) atoms. The standard InChI is InChI=1S/C13H19ClN4O/c1-5-7-18-13(19)12(11(14)9-15-18)16-10(2)6-8-17(3)4/h1,9-10,16H,6-8H2,2-4H3. The molecule has 1 aromatic rings. The van der Waals surface area contributed by atoms with Crippen molar-refractivity contribution in [2.45, 2.75) is 25.9 Å². The lowest BCUT2D eigenvalue weighted by Gasteiger charge is -2.18. The molecule has 0 radical (unpaired) electrons. The second-order valence-electron chi connectivity index (χ2n) is 4.67. The van der Waals surface area contributed by atoms with Crippen LogP contribution in [0.3, 0.4) is 0 Å². The van der Waals surface area contributed by atoms with Crippen molar-refractivity contribution in [2.75, 3.05) is 26.0 Å². The predicted octanol–water partition coefficient (Wildman–Crippen LogP) is 1.28. The molecule has 1 rings (SSSR count). The van der Waals surface area contributed by atoms with E-state index in [2.05, 4.69) is 21.2 Å². The second-order valence-corrected chi connectivity index (χ2v) is 5.08. The van der Waals surface area contributed by atoms with E-state index in [1.807, 2.05) is 21.0 Å². The van der Waals surface area contributed by atoms with Crippen molar-refractivity contribution < 1.29 is 0 Å². The summed E-state index contributed by atoms with van der Waals surface area (Å²) < 4.78 is 1.22. The normalized spacial score (nSPS) is 12.2. The van der Waals surface area contributed by atoms with Gasteiger partial charge >= 0.3 is 0 Å². The SMILES string of the molecule is C#CCn1ncc(Cl)c(NC(C)CCN(C)C)c1=O. The molecule has 1 unspecified atom stereocenters. The maximum atomic E-state index is 12.1. The molecule has 1 atom stereocenters. The highest BCUT2D eigenvalue weighted by atomic mass is 35.5. The largest absolute Gasteiger partial charge is 0.377 e. The molecule has 0 bridgehead atoms. The minimum atomic E-state index is -0.290. The van der Waals surface area contributed by atoms with Gasteiger partial charge in [0.25, 0.3) is 5.56 Å². The number of nitrogens with zero attached hydrogens (tertiary/aromatic N) is 3. The third-order valence-corrected chi connectivity index (χ3v) is 2.93. The highest BCUT2D eigenvalue weighted by Crippen LogP contribution is 2.16. The van der Waals surface area contributed by atoms with Gasteiger partial charge in [0.2, 0.25) is 0 Å². The van der Waals surface area contributed by atoms with Gasteiger partial charge in [0, 0.05) is 6.04 Å². The number of anilines is 1. The summed E-state index contributed by atoms with van der Waals surface area (Å²) in [6.45, 7) is 3.07. The van der Waals surface area contributed by atoms with Crippen LogP contribution in [0.15, 0.2) is 11.0 Å². The Balaban J connectivity index is 2.85. The minimum absolute atomic E-state index is 0.134. The zero-order chi connectivity index (χ0) is 14.4. The Bertz CT molecular complexity index is 518. The van der Waals surface area contributed by atoms with Crippen molar-refractivity contribution >= 4 is 17.3 Å². The van der Waals surface area contributed by atoms with E-state index in [-0.39, 0.29) is 18.1 Å². The molecule has 0 aliphatic rings. The number of hydrogen-bond donors (Lipinski definition) is 1. The molecule has 0 fully saturated rings. The van der Waals surface area contributed by atoms with Gasteiger partial charge in [0.1, 0.15) is 12.2 Å². The van der Waals surface area contributed by atoms with Gasteiger partial charge in [-0.15, -0.1) is 6.42 Å². The summed E-state index contributed by atoms with van der Waals surface area (Å²) in [5.74, 6) is 2.39. The first-order valence-corrected chi connectivity index (χ1v) is 6.43. The molecule has 0 aliphatic carbocycles. The fourth-order valence-electron chi connectivity index (χ4n) is 1.57. The van der Waals surface area contributed by atoms with E-state index in [1.54, 1.807) is 0 Å². The van der Waals surface area contributed by atoms with Crippen LogP contribution in [0.2, 0.25) is 5.02 Å². The Morgan fingerprint density at radius 3 is 2.89 bits per heavy atom. The van der Waals surface area contributed by atoms with Gasteiger partial charge < -0.3 is 10.2 Å². The maximum Gasteiger partial charge on any atom is 0.292 e. The van der Waals surface area contributed by atoms with Gasteiger partial charge in [-0.3, -0.25) is 4.79 Å². The van der Waals surface area contributed by atoms with Crippen LogP contribution in [0.4, 0.5) is 5.69 Å². The molecular weight excluding hydrogens is 264 g/mol. The van der Waals surface area contributed by atoms with Crippen LogP contribution in [0.1, 0.15) is 13.3 Å². The molecular formula is C13H19ClN4O. The monoisotopic (exact) mass is 282 g/mol. The van der Waals surface area contributed by atoms with Gasteiger partial charge in [-0.05, 0) is 34.0 Å². The molecule has 5 nitrogen and oxygen atoms in total. The fraction of sp³-hybridized carbons (Fsp3) is 0.538. The average Bonchev–Trinajstić information content (AvgIpc) is 2.35. The number of rotatable bonds is 6. The molecule has 0 saturated carbocycles. The molecule has 0 amide bonds. The highest BCUT2D eigenvalue weighted by molar-refractivity contribution is 6.33. The summed E-state index contributed by atoms with van der Waals surface area (Å²) >= 11 is 6.01. The number of hydrogen-bond acceptors (Lipinski definition) is 4. The van der Waals surface area contributed by atoms with Crippen LogP contribution < -0.4 is 10.9 Å². The van der Waals surface area contributed by atoms with Crippen LogP contribution in [0.5, 0.6) is 0 Å². The quantitative estimate of drug-likeness (QED) is 0.799. The highest BCUT2D eigenvalue weighted by Gasteiger charge is 2.12. The Hall–Kier alpha value is -1.51. The molecule has 1 heterocycles. The maximum absolute atomic E-state index is 12.1. The Kier molecular flexibility index (Phi) is 5.87. The van der Waals surface area contributed by atoms with Crippen LogP contribution >= 0.6 is 11.6 Å². The number of halogens is 1. The van der Waals surface area contributed by atoms with Crippen molar-refractivity contribution in [1.82, 2.24) is 14.7 Å². The predicted molar refractivity (Wildman–Crippen MR) is 78.6 cm³/mol. The van der Waals surface area contributed by atoms with Crippen LogP contribution in [0, 0.1) is 12.3 Å². The van der Waals surface area contributed by atoms with E-state index >= 15 is 0 Å². The van der Waals surface area contributed by atoms with E-state index in [4.69, 9.17) is 18.0 Å². The van der Waals surface area contributed by atoms with E-state index in [1.165, 1.54) is 10.9 Å². The summed E-state index contributed by atoms with van der Waals surface area (Å²) in [6, 6.07) is 0.134. The lowest BCUT2D eigenvalue weighted by atomic mass is 10.2. The Morgan fingerprint density at radius 2 is 2.32 bits per heavy atom. The Labute approximate surface area is 118 Å². The third kappa shape index (κ3) is 4.58. The number of aromatic nitrogens is 2. The molecule has 1 aromatic heterocycles. The lowest BCUT2D eigenvalue weighted by molar-refractivity contribution is 0.390. The van der Waals surface area contributed by atoms with E-state index < -0.39 is 0 Å². The first kappa shape index (κ1) is 15.5. The second kappa shape index (κ2) is 7.17. The summed E-state index contributed by atoms with van der Waals surface area (Å²) in [6.07, 6.45) is 7.53. The molecule has 6 heteroatoms. The fourth-order valence-corrected chi connectivity index (χ4v) is 1.75. The topological polar surface area (TPSA) is 50.2 Å². The molecule has 0 saturated heterocycles. The summed E-state index contributed by atoms with van der Waals surface area (Å²) in [4.78, 5) is 14.2. The van der Waals surface area contributed by atoms with Crippen molar-refractivity contribution in [2.24, 2.45) is 0 Å². The number of nitrogens with one attached hydrogen (secondary N) is 1. The molecule has 104 valence electrons. The molecule has 0 spiro atoms. The van der Waals surface area contributed by atoms with Gasteiger partial charge in [-0.25, -0.2) is 4.68 Å². The third-order valence-electron chi connectivity index (χ3n) is 2.64. The van der Waals surface area contributed by atoms with Crippen molar-refractivity contribution in [1.29, 1.82) is 0 Å². The van der Waals surface area contributed by atoms with Crippen LogP contribution in [-0.2, 0) is 6.54 Å². The lowest BCUT2D eigenvalue weighted by Crippen LogP contribution is -2.30. The summed E-state index contributed by atoms with van der Waals surface area (Å²) in [5.41, 5.74) is 0.0697. The summed E-state index contributed by atoms with van der Waals surface area (Å²) in [5, 5.41) is 7.34. The molecule has 1 N–H and O–H groups in total. The molecule has 0 aromatic carbocycles. The van der Waals surface area contributed by atoms with Crippen molar-refractivity contribution in [3.8, 4) is 12.3 Å². The van der Waals surface area contributed by atoms with Crippen molar-refractivity contribution in [3.05, 3.63) is 21.6 Å². The number of terminal acetylenes is 1. The molecule has 0 aliphatic heterocycles. The first-order valence-electron chi connectivity index (χ1n) is 6.06.